The number of hydrogen-bond donors (Lipinski definition) is 1. The van der Waals surface area contributed by atoms with Gasteiger partial charge >= 0.3 is 0 Å². The van der Waals surface area contributed by atoms with Gasteiger partial charge in [-0.1, -0.05) is 47.5 Å². The molecule has 0 saturated heterocycles. The number of aromatic nitrogens is 2. The minimum Gasteiger partial charge on any atom is -0.306 e. The molecule has 1 aromatic heterocycles. The van der Waals surface area contributed by atoms with Gasteiger partial charge in [-0.2, -0.15) is 5.10 Å². The third kappa shape index (κ3) is 4.57. The van der Waals surface area contributed by atoms with E-state index in [4.69, 9.17) is 11.6 Å². The highest BCUT2D eigenvalue weighted by atomic mass is 35.5. The number of halogens is 1. The average molecular weight is 475 g/mol. The summed E-state index contributed by atoms with van der Waals surface area (Å²) in [4.78, 5) is 37.0. The standard InChI is InChI=1S/C25H19ClN4O4/c1-15-6-12-20(13-7-15)29-24(27-25(32)18-4-3-5-21(14-18)30(33)34)22(23(31)16(2)28-29)17-8-10-19(26)11-9-17/h3-14H,1-2H3,(H,27,32). The fourth-order valence-electron chi connectivity index (χ4n) is 3.45. The highest BCUT2D eigenvalue weighted by Crippen LogP contribution is 2.29. The minimum atomic E-state index is -0.621. The molecule has 0 aliphatic carbocycles. The summed E-state index contributed by atoms with van der Waals surface area (Å²) in [5.41, 5.74) is 2.14. The van der Waals surface area contributed by atoms with Crippen molar-refractivity contribution in [2.75, 3.05) is 5.32 Å². The van der Waals surface area contributed by atoms with Crippen molar-refractivity contribution in [3.05, 3.63) is 115 Å². The highest BCUT2D eigenvalue weighted by molar-refractivity contribution is 6.30. The first-order valence-electron chi connectivity index (χ1n) is 10.3. The Morgan fingerprint density at radius 3 is 2.35 bits per heavy atom. The van der Waals surface area contributed by atoms with Crippen molar-refractivity contribution < 1.29 is 9.72 Å². The molecular formula is C25H19ClN4O4. The van der Waals surface area contributed by atoms with Gasteiger partial charge in [0.1, 0.15) is 11.5 Å². The van der Waals surface area contributed by atoms with E-state index < -0.39 is 10.8 Å². The van der Waals surface area contributed by atoms with Gasteiger partial charge in [-0.15, -0.1) is 0 Å². The Balaban J connectivity index is 1.93. The van der Waals surface area contributed by atoms with Crippen LogP contribution in [0.2, 0.25) is 5.02 Å². The van der Waals surface area contributed by atoms with Gasteiger partial charge in [0.15, 0.2) is 0 Å². The Labute approximate surface area is 199 Å². The third-order valence-electron chi connectivity index (χ3n) is 5.22. The molecule has 1 N–H and O–H groups in total. The lowest BCUT2D eigenvalue weighted by molar-refractivity contribution is -0.384. The maximum Gasteiger partial charge on any atom is 0.270 e. The van der Waals surface area contributed by atoms with Crippen LogP contribution in [-0.4, -0.2) is 20.6 Å². The fourth-order valence-corrected chi connectivity index (χ4v) is 3.58. The van der Waals surface area contributed by atoms with Crippen LogP contribution in [0.3, 0.4) is 0 Å². The molecule has 3 aromatic carbocycles. The number of non-ortho nitro benzene ring substituents is 1. The zero-order valence-corrected chi connectivity index (χ0v) is 19.0. The van der Waals surface area contributed by atoms with Crippen molar-refractivity contribution in [2.24, 2.45) is 0 Å². The van der Waals surface area contributed by atoms with Crippen molar-refractivity contribution in [1.29, 1.82) is 0 Å². The molecule has 0 fully saturated rings. The first kappa shape index (κ1) is 22.9. The second kappa shape index (κ2) is 9.29. The van der Waals surface area contributed by atoms with Crippen LogP contribution in [0.1, 0.15) is 21.6 Å². The maximum absolute atomic E-state index is 13.2. The number of nitro groups is 1. The van der Waals surface area contributed by atoms with E-state index >= 15 is 0 Å². The normalized spacial score (nSPS) is 10.7. The molecule has 1 heterocycles. The average Bonchev–Trinajstić information content (AvgIpc) is 2.83. The highest BCUT2D eigenvalue weighted by Gasteiger charge is 2.21. The number of carbonyl (C=O) groups excluding carboxylic acids is 1. The third-order valence-corrected chi connectivity index (χ3v) is 5.47. The molecule has 0 unspecified atom stereocenters. The smallest absolute Gasteiger partial charge is 0.270 e. The van der Waals surface area contributed by atoms with Crippen molar-refractivity contribution in [3.8, 4) is 16.8 Å². The summed E-state index contributed by atoms with van der Waals surface area (Å²) < 4.78 is 1.48. The summed E-state index contributed by atoms with van der Waals surface area (Å²) in [5, 5.41) is 18.8. The van der Waals surface area contributed by atoms with Crippen LogP contribution in [0.5, 0.6) is 0 Å². The number of anilines is 1. The van der Waals surface area contributed by atoms with E-state index in [9.17, 15) is 19.7 Å². The summed E-state index contributed by atoms with van der Waals surface area (Å²) in [6.07, 6.45) is 0. The minimum absolute atomic E-state index is 0.0692. The van der Waals surface area contributed by atoms with E-state index in [1.54, 1.807) is 31.2 Å². The molecule has 0 saturated carbocycles. The Morgan fingerprint density at radius 2 is 1.71 bits per heavy atom. The fraction of sp³-hybridized carbons (Fsp3) is 0.0800. The van der Waals surface area contributed by atoms with Crippen molar-refractivity contribution in [2.45, 2.75) is 13.8 Å². The molecule has 34 heavy (non-hydrogen) atoms. The number of hydrogen-bond acceptors (Lipinski definition) is 5. The Kier molecular flexibility index (Phi) is 6.25. The van der Waals surface area contributed by atoms with Crippen molar-refractivity contribution in [3.63, 3.8) is 0 Å². The van der Waals surface area contributed by atoms with Gasteiger partial charge in [0.05, 0.1) is 16.2 Å². The van der Waals surface area contributed by atoms with E-state index in [1.807, 2.05) is 31.2 Å². The van der Waals surface area contributed by atoms with E-state index in [2.05, 4.69) is 10.4 Å². The second-order valence-corrected chi connectivity index (χ2v) is 8.09. The van der Waals surface area contributed by atoms with Crippen LogP contribution in [0.25, 0.3) is 16.8 Å². The topological polar surface area (TPSA) is 107 Å². The number of benzene rings is 3. The van der Waals surface area contributed by atoms with Gasteiger partial charge in [0.2, 0.25) is 5.43 Å². The first-order chi connectivity index (χ1) is 16.2. The Morgan fingerprint density at radius 1 is 1.03 bits per heavy atom. The lowest BCUT2D eigenvalue weighted by atomic mass is 10.0. The van der Waals surface area contributed by atoms with Crippen LogP contribution >= 0.6 is 11.6 Å². The van der Waals surface area contributed by atoms with Gasteiger partial charge in [-0.05, 0) is 49.7 Å². The van der Waals surface area contributed by atoms with Gasteiger partial charge < -0.3 is 5.32 Å². The predicted molar refractivity (Wildman–Crippen MR) is 131 cm³/mol. The number of nitro benzene ring substituents is 1. The number of rotatable bonds is 5. The number of carbonyl (C=O) groups is 1. The lowest BCUT2D eigenvalue weighted by Crippen LogP contribution is -2.25. The van der Waals surface area contributed by atoms with E-state index in [1.165, 1.54) is 28.9 Å². The van der Waals surface area contributed by atoms with Gasteiger partial charge in [0.25, 0.3) is 11.6 Å². The molecule has 8 nitrogen and oxygen atoms in total. The molecule has 0 spiro atoms. The molecule has 0 aliphatic rings. The molecular weight excluding hydrogens is 456 g/mol. The predicted octanol–water partition coefficient (Wildman–Crippen LogP) is 5.33. The summed E-state index contributed by atoms with van der Waals surface area (Å²) in [6, 6.07) is 19.4. The quantitative estimate of drug-likeness (QED) is 0.310. The lowest BCUT2D eigenvalue weighted by Gasteiger charge is -2.18. The molecule has 1 amide bonds. The Hall–Kier alpha value is -4.30. The molecule has 4 rings (SSSR count). The van der Waals surface area contributed by atoms with E-state index in [0.717, 1.165) is 5.56 Å². The monoisotopic (exact) mass is 474 g/mol. The zero-order chi connectivity index (χ0) is 24.4. The molecule has 170 valence electrons. The van der Waals surface area contributed by atoms with Crippen LogP contribution in [0.15, 0.2) is 77.6 Å². The molecule has 0 bridgehead atoms. The summed E-state index contributed by atoms with van der Waals surface area (Å²) in [6.45, 7) is 3.54. The van der Waals surface area contributed by atoms with Gasteiger partial charge in [-0.3, -0.25) is 19.7 Å². The molecule has 4 aromatic rings. The number of nitrogens with zero attached hydrogens (tertiary/aromatic N) is 3. The van der Waals surface area contributed by atoms with Crippen molar-refractivity contribution >= 4 is 29.0 Å². The largest absolute Gasteiger partial charge is 0.306 e. The number of nitrogens with one attached hydrogen (secondary N) is 1. The van der Waals surface area contributed by atoms with E-state index in [-0.39, 0.29) is 33.8 Å². The number of aryl methyl sites for hydroxylation is 2. The van der Waals surface area contributed by atoms with Crippen LogP contribution in [-0.2, 0) is 0 Å². The van der Waals surface area contributed by atoms with Crippen LogP contribution in [0, 0.1) is 24.0 Å². The van der Waals surface area contributed by atoms with E-state index in [0.29, 0.717) is 16.3 Å². The van der Waals surface area contributed by atoms with Crippen molar-refractivity contribution in [1.82, 2.24) is 9.78 Å². The SMILES string of the molecule is Cc1ccc(-n2nc(C)c(=O)c(-c3ccc(Cl)cc3)c2NC(=O)c2cccc([N+](=O)[O-])c2)cc1. The number of amides is 1. The van der Waals surface area contributed by atoms with Gasteiger partial charge in [-0.25, -0.2) is 4.68 Å². The van der Waals surface area contributed by atoms with Gasteiger partial charge in [0, 0.05) is 22.7 Å². The van der Waals surface area contributed by atoms with Crippen LogP contribution < -0.4 is 10.7 Å². The molecule has 0 aliphatic heterocycles. The second-order valence-electron chi connectivity index (χ2n) is 7.65. The first-order valence-corrected chi connectivity index (χ1v) is 10.6. The summed E-state index contributed by atoms with van der Waals surface area (Å²) >= 11 is 6.04. The molecule has 0 radical (unpaired) electrons. The zero-order valence-electron chi connectivity index (χ0n) is 18.3. The van der Waals surface area contributed by atoms with Crippen LogP contribution in [0.4, 0.5) is 11.5 Å². The summed E-state index contributed by atoms with van der Waals surface area (Å²) in [7, 11) is 0. The Bertz CT molecular complexity index is 1460. The molecule has 9 heteroatoms. The summed E-state index contributed by atoms with van der Waals surface area (Å²) in [5.74, 6) is -0.483. The maximum atomic E-state index is 13.2. The molecule has 0 atom stereocenters.